The van der Waals surface area contributed by atoms with Gasteiger partial charge in [0.1, 0.15) is 5.82 Å². The zero-order valence-corrected chi connectivity index (χ0v) is 11.8. The van der Waals surface area contributed by atoms with Crippen LogP contribution in [0, 0.1) is 11.7 Å². The summed E-state index contributed by atoms with van der Waals surface area (Å²) in [5, 5.41) is 0. The highest BCUT2D eigenvalue weighted by Crippen LogP contribution is 2.50. The number of carbonyl (C=O) groups is 1. The van der Waals surface area contributed by atoms with Crippen LogP contribution < -0.4 is 5.73 Å². The van der Waals surface area contributed by atoms with Crippen molar-refractivity contribution in [2.75, 3.05) is 13.1 Å². The van der Waals surface area contributed by atoms with Gasteiger partial charge in [-0.1, -0.05) is 12.1 Å². The Hall–Kier alpha value is -1.42. The molecule has 0 aromatic heterocycles. The Balaban J connectivity index is 1.82. The Bertz CT molecular complexity index is 510. The number of carbonyl (C=O) groups excluding carboxylic acids is 1. The predicted octanol–water partition coefficient (Wildman–Crippen LogP) is 2.05. The van der Waals surface area contributed by atoms with Crippen LogP contribution >= 0.6 is 0 Å². The topological polar surface area (TPSA) is 46.3 Å². The molecule has 1 aliphatic carbocycles. The third-order valence-corrected chi connectivity index (χ3v) is 4.81. The van der Waals surface area contributed by atoms with Gasteiger partial charge < -0.3 is 10.6 Å². The SMILES string of the molecule is CC1CC(CN)CN1C(=O)C1(c2ccc(F)cc2)CC1. The standard InChI is InChI=1S/C16H21FN2O/c1-11-8-12(9-18)10-19(11)15(20)16(6-7-16)13-2-4-14(17)5-3-13/h2-5,11-12H,6-10,18H2,1H3. The van der Waals surface area contributed by atoms with Crippen LogP contribution in [0.5, 0.6) is 0 Å². The van der Waals surface area contributed by atoms with Crippen LogP contribution in [0.4, 0.5) is 4.39 Å². The monoisotopic (exact) mass is 276 g/mol. The molecule has 3 rings (SSSR count). The van der Waals surface area contributed by atoms with Gasteiger partial charge in [-0.15, -0.1) is 0 Å². The largest absolute Gasteiger partial charge is 0.339 e. The van der Waals surface area contributed by atoms with Gasteiger partial charge in [0, 0.05) is 12.6 Å². The van der Waals surface area contributed by atoms with Gasteiger partial charge in [0.15, 0.2) is 0 Å². The summed E-state index contributed by atoms with van der Waals surface area (Å²) >= 11 is 0. The van der Waals surface area contributed by atoms with Gasteiger partial charge >= 0.3 is 0 Å². The Morgan fingerprint density at radius 1 is 1.40 bits per heavy atom. The number of rotatable bonds is 3. The fraction of sp³-hybridized carbons (Fsp3) is 0.562. The average Bonchev–Trinajstić information content (AvgIpc) is 3.17. The van der Waals surface area contributed by atoms with Crippen molar-refractivity contribution in [2.24, 2.45) is 11.7 Å². The van der Waals surface area contributed by atoms with Crippen molar-refractivity contribution in [3.63, 3.8) is 0 Å². The van der Waals surface area contributed by atoms with E-state index in [1.165, 1.54) is 12.1 Å². The highest BCUT2D eigenvalue weighted by molar-refractivity contribution is 5.91. The van der Waals surface area contributed by atoms with E-state index in [0.717, 1.165) is 31.4 Å². The van der Waals surface area contributed by atoms with Crippen LogP contribution in [-0.4, -0.2) is 29.9 Å². The van der Waals surface area contributed by atoms with Crippen molar-refractivity contribution in [1.29, 1.82) is 0 Å². The number of nitrogens with two attached hydrogens (primary N) is 1. The van der Waals surface area contributed by atoms with Crippen LogP contribution in [0.1, 0.15) is 31.7 Å². The summed E-state index contributed by atoms with van der Waals surface area (Å²) in [6, 6.07) is 6.65. The molecule has 2 N–H and O–H groups in total. The lowest BCUT2D eigenvalue weighted by Crippen LogP contribution is -2.41. The fourth-order valence-corrected chi connectivity index (χ4v) is 3.39. The van der Waals surface area contributed by atoms with Crippen molar-refractivity contribution in [1.82, 2.24) is 4.90 Å². The smallest absolute Gasteiger partial charge is 0.233 e. The van der Waals surface area contributed by atoms with E-state index in [2.05, 4.69) is 6.92 Å². The molecular formula is C16H21FN2O. The quantitative estimate of drug-likeness (QED) is 0.918. The van der Waals surface area contributed by atoms with Crippen molar-refractivity contribution in [2.45, 2.75) is 37.6 Å². The summed E-state index contributed by atoms with van der Waals surface area (Å²) in [5.74, 6) is 0.361. The molecule has 1 heterocycles. The van der Waals surface area contributed by atoms with E-state index < -0.39 is 5.41 Å². The van der Waals surface area contributed by atoms with Gasteiger partial charge in [-0.3, -0.25) is 4.79 Å². The second-order valence-electron chi connectivity index (χ2n) is 6.23. The maximum absolute atomic E-state index is 13.0. The van der Waals surface area contributed by atoms with E-state index in [1.54, 1.807) is 12.1 Å². The zero-order valence-electron chi connectivity index (χ0n) is 11.8. The lowest BCUT2D eigenvalue weighted by Gasteiger charge is -2.27. The molecule has 20 heavy (non-hydrogen) atoms. The second kappa shape index (κ2) is 4.85. The van der Waals surface area contributed by atoms with Gasteiger partial charge in [0.2, 0.25) is 5.91 Å². The van der Waals surface area contributed by atoms with Crippen molar-refractivity contribution in [3.05, 3.63) is 35.6 Å². The minimum Gasteiger partial charge on any atom is -0.339 e. The van der Waals surface area contributed by atoms with Gasteiger partial charge in [-0.05, 0) is 56.3 Å². The van der Waals surface area contributed by atoms with Gasteiger partial charge in [0.05, 0.1) is 5.41 Å². The molecule has 4 heteroatoms. The summed E-state index contributed by atoms with van der Waals surface area (Å²) in [4.78, 5) is 14.9. The average molecular weight is 276 g/mol. The van der Waals surface area contributed by atoms with Crippen LogP contribution in [0.25, 0.3) is 0 Å². The normalized spacial score (nSPS) is 27.6. The molecule has 1 amide bonds. The van der Waals surface area contributed by atoms with E-state index in [0.29, 0.717) is 12.5 Å². The van der Waals surface area contributed by atoms with Crippen LogP contribution in [-0.2, 0) is 10.2 Å². The second-order valence-corrected chi connectivity index (χ2v) is 6.23. The van der Waals surface area contributed by atoms with Crippen LogP contribution in [0.15, 0.2) is 24.3 Å². The number of hydrogen-bond donors (Lipinski definition) is 1. The summed E-state index contributed by atoms with van der Waals surface area (Å²) in [5.41, 5.74) is 6.29. The van der Waals surface area contributed by atoms with Gasteiger partial charge in [-0.25, -0.2) is 4.39 Å². The number of benzene rings is 1. The zero-order chi connectivity index (χ0) is 14.3. The number of halogens is 1. The molecule has 1 aromatic rings. The fourth-order valence-electron chi connectivity index (χ4n) is 3.39. The first kappa shape index (κ1) is 13.6. The lowest BCUT2D eigenvalue weighted by atomic mass is 9.94. The van der Waals surface area contributed by atoms with Crippen LogP contribution in [0.2, 0.25) is 0 Å². The van der Waals surface area contributed by atoms with E-state index in [-0.39, 0.29) is 17.8 Å². The molecule has 1 aromatic carbocycles. The first-order chi connectivity index (χ1) is 9.56. The Morgan fingerprint density at radius 2 is 2.05 bits per heavy atom. The molecule has 1 aliphatic heterocycles. The van der Waals surface area contributed by atoms with Crippen molar-refractivity contribution >= 4 is 5.91 Å². The van der Waals surface area contributed by atoms with Crippen molar-refractivity contribution in [3.8, 4) is 0 Å². The molecule has 1 saturated carbocycles. The molecule has 2 fully saturated rings. The molecule has 0 spiro atoms. The third kappa shape index (κ3) is 2.12. The van der Waals surface area contributed by atoms with E-state index in [1.807, 2.05) is 4.90 Å². The molecule has 0 radical (unpaired) electrons. The van der Waals surface area contributed by atoms with Gasteiger partial charge in [-0.2, -0.15) is 0 Å². The third-order valence-electron chi connectivity index (χ3n) is 4.81. The molecule has 0 bridgehead atoms. The summed E-state index contributed by atoms with van der Waals surface area (Å²) < 4.78 is 13.0. The predicted molar refractivity (Wildman–Crippen MR) is 75.6 cm³/mol. The van der Waals surface area contributed by atoms with Crippen LogP contribution in [0.3, 0.4) is 0 Å². The minimum atomic E-state index is -0.397. The first-order valence-corrected chi connectivity index (χ1v) is 7.34. The lowest BCUT2D eigenvalue weighted by molar-refractivity contribution is -0.134. The highest BCUT2D eigenvalue weighted by Gasteiger charge is 2.54. The molecule has 2 atom stereocenters. The first-order valence-electron chi connectivity index (χ1n) is 7.34. The Labute approximate surface area is 118 Å². The number of amides is 1. The molecule has 1 saturated heterocycles. The molecule has 2 unspecified atom stereocenters. The number of hydrogen-bond acceptors (Lipinski definition) is 2. The maximum atomic E-state index is 13.0. The maximum Gasteiger partial charge on any atom is 0.233 e. The van der Waals surface area contributed by atoms with Crippen molar-refractivity contribution < 1.29 is 9.18 Å². The molecular weight excluding hydrogens is 255 g/mol. The summed E-state index contributed by atoms with van der Waals surface area (Å²) in [7, 11) is 0. The minimum absolute atomic E-state index is 0.201. The molecule has 108 valence electrons. The Kier molecular flexibility index (Phi) is 3.28. The van der Waals surface area contributed by atoms with E-state index in [9.17, 15) is 9.18 Å². The Morgan fingerprint density at radius 3 is 2.55 bits per heavy atom. The summed E-state index contributed by atoms with van der Waals surface area (Å²) in [6.45, 7) is 3.49. The number of likely N-dealkylation sites (tertiary alicyclic amines) is 1. The molecule has 2 aliphatic rings. The molecule has 3 nitrogen and oxygen atoms in total. The number of nitrogens with zero attached hydrogens (tertiary/aromatic N) is 1. The van der Waals surface area contributed by atoms with Gasteiger partial charge in [0.25, 0.3) is 0 Å². The highest BCUT2D eigenvalue weighted by atomic mass is 19.1. The van der Waals surface area contributed by atoms with E-state index in [4.69, 9.17) is 5.73 Å². The summed E-state index contributed by atoms with van der Waals surface area (Å²) in [6.07, 6.45) is 2.73. The van der Waals surface area contributed by atoms with E-state index >= 15 is 0 Å².